The van der Waals surface area contributed by atoms with E-state index in [4.69, 9.17) is 5.73 Å². The Labute approximate surface area is 177 Å². The van der Waals surface area contributed by atoms with Gasteiger partial charge in [-0.05, 0) is 35.9 Å². The average molecular weight is 447 g/mol. The lowest BCUT2D eigenvalue weighted by molar-refractivity contribution is 0.918. The van der Waals surface area contributed by atoms with Gasteiger partial charge in [-0.3, -0.25) is 0 Å². The van der Waals surface area contributed by atoms with Crippen LogP contribution in [0.5, 0.6) is 0 Å². The zero-order valence-corrected chi connectivity index (χ0v) is 17.1. The van der Waals surface area contributed by atoms with Crippen LogP contribution in [0.3, 0.4) is 0 Å². The van der Waals surface area contributed by atoms with Gasteiger partial charge < -0.3 is 16.0 Å². The monoisotopic (exact) mass is 446 g/mol. The third-order valence-corrected chi connectivity index (χ3v) is 4.81. The Morgan fingerprint density at radius 2 is 1.72 bits per heavy atom. The predicted octanol–water partition coefficient (Wildman–Crippen LogP) is 5.30. The van der Waals surface area contributed by atoms with Crippen molar-refractivity contribution in [2.45, 2.75) is 6.54 Å². The Morgan fingerprint density at radius 3 is 2.48 bits per heavy atom. The second-order valence-electron chi connectivity index (χ2n) is 6.35. The molecular weight excluding hydrogens is 428 g/mol. The summed E-state index contributed by atoms with van der Waals surface area (Å²) in [5.74, 6) is 1.90. The van der Waals surface area contributed by atoms with Crippen molar-refractivity contribution < 1.29 is 0 Å². The topological polar surface area (TPSA) is 80.0 Å². The van der Waals surface area contributed by atoms with Crippen LogP contribution < -0.4 is 16.0 Å². The summed E-state index contributed by atoms with van der Waals surface area (Å²) in [6.07, 6.45) is 3.26. The highest BCUT2D eigenvalue weighted by atomic mass is 79.9. The lowest BCUT2D eigenvalue weighted by Crippen LogP contribution is -2.21. The van der Waals surface area contributed by atoms with E-state index in [0.717, 1.165) is 21.5 Å². The zero-order chi connectivity index (χ0) is 20.1. The highest BCUT2D eigenvalue weighted by molar-refractivity contribution is 9.10. The van der Waals surface area contributed by atoms with Crippen LogP contribution in [0.25, 0.3) is 0 Å². The highest BCUT2D eigenvalue weighted by Crippen LogP contribution is 2.33. The van der Waals surface area contributed by atoms with Crippen molar-refractivity contribution in [1.29, 1.82) is 0 Å². The van der Waals surface area contributed by atoms with Crippen molar-refractivity contribution in [3.8, 4) is 0 Å². The first kappa shape index (κ1) is 18.9. The van der Waals surface area contributed by atoms with Crippen LogP contribution in [0, 0.1) is 0 Å². The van der Waals surface area contributed by atoms with Gasteiger partial charge in [0.05, 0.1) is 6.54 Å². The quantitative estimate of drug-likeness (QED) is 0.418. The molecule has 29 heavy (non-hydrogen) atoms. The molecule has 0 saturated carbocycles. The molecule has 7 heteroatoms. The number of nitrogens with one attached hydrogen (secondary N) is 1. The van der Waals surface area contributed by atoms with Crippen molar-refractivity contribution in [2.24, 2.45) is 0 Å². The zero-order valence-electron chi connectivity index (χ0n) is 15.5. The van der Waals surface area contributed by atoms with Crippen LogP contribution in [-0.2, 0) is 6.54 Å². The summed E-state index contributed by atoms with van der Waals surface area (Å²) in [4.78, 5) is 15.3. The number of benzene rings is 2. The third kappa shape index (κ3) is 4.52. The van der Waals surface area contributed by atoms with Crippen molar-refractivity contribution in [2.75, 3.05) is 16.0 Å². The van der Waals surface area contributed by atoms with Gasteiger partial charge in [-0.1, -0.05) is 58.4 Å². The first-order chi connectivity index (χ1) is 14.2. The number of anilines is 5. The van der Waals surface area contributed by atoms with Gasteiger partial charge in [0.2, 0.25) is 0 Å². The summed E-state index contributed by atoms with van der Waals surface area (Å²) < 4.78 is 0.967. The maximum Gasteiger partial charge on any atom is 0.163 e. The Hall–Kier alpha value is -3.45. The van der Waals surface area contributed by atoms with Crippen LogP contribution in [-0.4, -0.2) is 15.0 Å². The summed E-state index contributed by atoms with van der Waals surface area (Å²) >= 11 is 3.48. The second kappa shape index (κ2) is 8.70. The van der Waals surface area contributed by atoms with E-state index in [0.29, 0.717) is 23.9 Å². The van der Waals surface area contributed by atoms with E-state index in [1.807, 2.05) is 65.6 Å². The molecule has 0 spiro atoms. The summed E-state index contributed by atoms with van der Waals surface area (Å²) in [5, 5.41) is 3.27. The summed E-state index contributed by atoms with van der Waals surface area (Å²) in [5.41, 5.74) is 8.95. The van der Waals surface area contributed by atoms with Crippen LogP contribution in [0.2, 0.25) is 0 Å². The summed E-state index contributed by atoms with van der Waals surface area (Å²) in [6.45, 7) is 0.579. The molecule has 2 aromatic carbocycles. The lowest BCUT2D eigenvalue weighted by Gasteiger charge is -2.25. The smallest absolute Gasteiger partial charge is 0.163 e. The molecule has 0 aliphatic rings. The van der Waals surface area contributed by atoms with E-state index in [1.54, 1.807) is 6.20 Å². The van der Waals surface area contributed by atoms with E-state index in [2.05, 4.69) is 48.3 Å². The molecule has 4 rings (SSSR count). The maximum absolute atomic E-state index is 6.49. The molecule has 0 aliphatic heterocycles. The van der Waals surface area contributed by atoms with Gasteiger partial charge in [0.25, 0.3) is 0 Å². The van der Waals surface area contributed by atoms with E-state index in [-0.39, 0.29) is 0 Å². The number of nitrogen functional groups attached to an aromatic ring is 1. The molecule has 0 amide bonds. The number of halogens is 1. The van der Waals surface area contributed by atoms with Crippen molar-refractivity contribution in [1.82, 2.24) is 15.0 Å². The minimum Gasteiger partial charge on any atom is -0.393 e. The highest BCUT2D eigenvalue weighted by Gasteiger charge is 2.18. The van der Waals surface area contributed by atoms with E-state index >= 15 is 0 Å². The Bertz CT molecular complexity index is 1090. The van der Waals surface area contributed by atoms with Gasteiger partial charge >= 0.3 is 0 Å². The number of aromatic nitrogens is 3. The molecule has 3 N–H and O–H groups in total. The van der Waals surface area contributed by atoms with Crippen molar-refractivity contribution >= 4 is 44.8 Å². The van der Waals surface area contributed by atoms with E-state index in [9.17, 15) is 0 Å². The van der Waals surface area contributed by atoms with Gasteiger partial charge in [-0.15, -0.1) is 0 Å². The summed E-state index contributed by atoms with van der Waals surface area (Å²) in [7, 11) is 0. The molecule has 2 aromatic heterocycles. The third-order valence-electron chi connectivity index (χ3n) is 4.32. The number of hydrogen-bond acceptors (Lipinski definition) is 6. The van der Waals surface area contributed by atoms with Crippen molar-refractivity contribution in [3.63, 3.8) is 0 Å². The van der Waals surface area contributed by atoms with E-state index < -0.39 is 0 Å². The van der Waals surface area contributed by atoms with Crippen LogP contribution in [0.1, 0.15) is 5.56 Å². The first-order valence-corrected chi connectivity index (χ1v) is 9.85. The largest absolute Gasteiger partial charge is 0.393 e. The van der Waals surface area contributed by atoms with Crippen LogP contribution in [0.15, 0.2) is 89.8 Å². The molecule has 0 aliphatic carbocycles. The fourth-order valence-electron chi connectivity index (χ4n) is 2.95. The van der Waals surface area contributed by atoms with Crippen LogP contribution >= 0.6 is 15.9 Å². The molecule has 0 saturated heterocycles. The fraction of sp³-hybridized carbons (Fsp3) is 0.0455. The number of pyridine rings is 1. The van der Waals surface area contributed by atoms with Gasteiger partial charge in [-0.25, -0.2) is 15.0 Å². The van der Waals surface area contributed by atoms with Gasteiger partial charge in [-0.2, -0.15) is 0 Å². The van der Waals surface area contributed by atoms with Gasteiger partial charge in [0.15, 0.2) is 11.6 Å². The molecule has 0 radical (unpaired) electrons. The Balaban J connectivity index is 1.72. The standard InChI is InChI=1S/C22H19BrN6/c23-17-9-6-10-18(13-17)28-21-20(24)22(27-15-26-21)29(19-11-4-5-12-25-19)14-16-7-2-1-3-8-16/h1-13,15H,14,24H2,(H,26,27,28). The SMILES string of the molecule is Nc1c(Nc2cccc(Br)c2)ncnc1N(Cc1ccccc1)c1ccccn1. The minimum absolute atomic E-state index is 0.453. The van der Waals surface area contributed by atoms with Crippen molar-refractivity contribution in [3.05, 3.63) is 95.4 Å². The first-order valence-electron chi connectivity index (χ1n) is 9.06. The fourth-order valence-corrected chi connectivity index (χ4v) is 3.35. The normalized spacial score (nSPS) is 10.5. The molecule has 6 nitrogen and oxygen atoms in total. The number of nitrogens with two attached hydrogens (primary N) is 1. The number of nitrogens with zero attached hydrogens (tertiary/aromatic N) is 4. The Kier molecular flexibility index (Phi) is 5.67. The molecule has 144 valence electrons. The lowest BCUT2D eigenvalue weighted by atomic mass is 10.2. The van der Waals surface area contributed by atoms with Gasteiger partial charge in [0.1, 0.15) is 17.8 Å². The molecule has 0 atom stereocenters. The molecule has 0 fully saturated rings. The van der Waals surface area contributed by atoms with Crippen LogP contribution in [0.4, 0.5) is 28.8 Å². The average Bonchev–Trinajstić information content (AvgIpc) is 2.75. The number of rotatable bonds is 6. The summed E-state index contributed by atoms with van der Waals surface area (Å²) in [6, 6.07) is 23.7. The maximum atomic E-state index is 6.49. The van der Waals surface area contributed by atoms with Gasteiger partial charge in [0, 0.05) is 16.4 Å². The molecular formula is C22H19BrN6. The minimum atomic E-state index is 0.453. The number of hydrogen-bond donors (Lipinski definition) is 2. The molecule has 4 aromatic rings. The second-order valence-corrected chi connectivity index (χ2v) is 7.27. The Morgan fingerprint density at radius 1 is 0.897 bits per heavy atom. The predicted molar refractivity (Wildman–Crippen MR) is 120 cm³/mol. The molecule has 0 bridgehead atoms. The molecule has 0 unspecified atom stereocenters. The van der Waals surface area contributed by atoms with E-state index in [1.165, 1.54) is 6.33 Å². The molecule has 2 heterocycles.